The van der Waals surface area contributed by atoms with Crippen molar-refractivity contribution in [1.29, 1.82) is 0 Å². The van der Waals surface area contributed by atoms with Crippen LogP contribution in [0.1, 0.15) is 16.7 Å². The van der Waals surface area contributed by atoms with E-state index in [9.17, 15) is 25.3 Å². The fraction of sp³-hybridized carbons (Fsp3) is 0.647. The van der Waals surface area contributed by atoms with Crippen molar-refractivity contribution in [1.82, 2.24) is 9.62 Å². The molecule has 3 aliphatic rings. The molecule has 3 fully saturated rings. The molecule has 8 nitrogen and oxygen atoms in total. The van der Waals surface area contributed by atoms with Gasteiger partial charge in [0, 0.05) is 12.1 Å². The van der Waals surface area contributed by atoms with Gasteiger partial charge in [-0.2, -0.15) is 4.31 Å². The standard InChI is InChI=1S/C17H24N2O6S3/c1-10-4-12(3)17(5-11(10)2)28(24,25)19-15-8-26(20,21)6-13(15)18-14-7-27(22,23)9-16(14)19/h4-5,13-16,18H,6-9H2,1-3H3/t13-,14-,15-,16+/m0/s1. The summed E-state index contributed by atoms with van der Waals surface area (Å²) in [6.45, 7) is 5.41. The van der Waals surface area contributed by atoms with Crippen LogP contribution in [0.15, 0.2) is 17.0 Å². The maximum atomic E-state index is 13.7. The summed E-state index contributed by atoms with van der Waals surface area (Å²) in [5.41, 5.74) is 2.33. The van der Waals surface area contributed by atoms with E-state index >= 15 is 0 Å². The summed E-state index contributed by atoms with van der Waals surface area (Å²) in [5.74, 6) is -0.953. The molecule has 1 aromatic rings. The SMILES string of the molecule is Cc1cc(C)c(S(=O)(=O)N2[C@@H]3CS(=O)(=O)C[C@@H]3N[C@H]3CS(=O)(=O)C[C@@H]32)cc1C. The van der Waals surface area contributed by atoms with Crippen LogP contribution >= 0.6 is 0 Å². The number of benzene rings is 1. The van der Waals surface area contributed by atoms with E-state index in [1.807, 2.05) is 13.8 Å². The highest BCUT2D eigenvalue weighted by molar-refractivity contribution is 7.92. The number of aryl methyl sites for hydroxylation is 3. The number of rotatable bonds is 2. The quantitative estimate of drug-likeness (QED) is 0.650. The predicted octanol–water partition coefficient (Wildman–Crippen LogP) is -0.463. The number of hydrogen-bond donors (Lipinski definition) is 1. The maximum absolute atomic E-state index is 13.7. The van der Waals surface area contributed by atoms with Gasteiger partial charge in [-0.05, 0) is 43.5 Å². The lowest BCUT2D eigenvalue weighted by Gasteiger charge is -2.44. The summed E-state index contributed by atoms with van der Waals surface area (Å²) in [4.78, 5) is 0.114. The van der Waals surface area contributed by atoms with Gasteiger partial charge in [0.2, 0.25) is 10.0 Å². The highest BCUT2D eigenvalue weighted by atomic mass is 32.2. The second kappa shape index (κ2) is 6.24. The highest BCUT2D eigenvalue weighted by Gasteiger charge is 2.57. The molecule has 0 amide bonds. The topological polar surface area (TPSA) is 118 Å². The van der Waals surface area contributed by atoms with Crippen molar-refractivity contribution in [3.63, 3.8) is 0 Å². The smallest absolute Gasteiger partial charge is 0.244 e. The monoisotopic (exact) mass is 448 g/mol. The number of hydrogen-bond acceptors (Lipinski definition) is 7. The fourth-order valence-electron chi connectivity index (χ4n) is 4.68. The van der Waals surface area contributed by atoms with Crippen LogP contribution in [0.3, 0.4) is 0 Å². The van der Waals surface area contributed by atoms with Crippen LogP contribution in [0.5, 0.6) is 0 Å². The molecule has 0 radical (unpaired) electrons. The van der Waals surface area contributed by atoms with Gasteiger partial charge in [-0.25, -0.2) is 25.3 Å². The first-order chi connectivity index (χ1) is 12.8. The van der Waals surface area contributed by atoms with Gasteiger partial charge in [-0.3, -0.25) is 0 Å². The molecule has 0 spiro atoms. The first-order valence-electron chi connectivity index (χ1n) is 9.09. The normalized spacial score (nSPS) is 34.1. The number of sulfonamides is 1. The van der Waals surface area contributed by atoms with Gasteiger partial charge in [0.1, 0.15) is 0 Å². The van der Waals surface area contributed by atoms with Gasteiger partial charge < -0.3 is 5.32 Å². The van der Waals surface area contributed by atoms with Crippen LogP contribution in [0, 0.1) is 20.8 Å². The summed E-state index contributed by atoms with van der Waals surface area (Å²) in [6.07, 6.45) is 0. The minimum atomic E-state index is -4.08. The van der Waals surface area contributed by atoms with E-state index in [1.165, 1.54) is 4.31 Å². The minimum Gasteiger partial charge on any atom is -0.306 e. The van der Waals surface area contributed by atoms with Crippen molar-refractivity contribution in [3.8, 4) is 0 Å². The summed E-state index contributed by atoms with van der Waals surface area (Å²) >= 11 is 0. The van der Waals surface area contributed by atoms with Crippen molar-refractivity contribution in [2.75, 3.05) is 23.0 Å². The number of sulfone groups is 2. The lowest BCUT2D eigenvalue weighted by molar-refractivity contribution is 0.160. The average Bonchev–Trinajstić information content (AvgIpc) is 2.99. The number of fused-ring (bicyclic) bond motifs is 2. The van der Waals surface area contributed by atoms with E-state index in [2.05, 4.69) is 5.32 Å². The molecule has 4 atom stereocenters. The first kappa shape index (κ1) is 20.3. The second-order valence-corrected chi connectivity index (χ2v) is 14.3. The summed E-state index contributed by atoms with van der Waals surface area (Å²) in [6, 6.07) is 0.591. The van der Waals surface area contributed by atoms with Crippen molar-refractivity contribution in [2.24, 2.45) is 0 Å². The van der Waals surface area contributed by atoms with Gasteiger partial charge in [-0.15, -0.1) is 0 Å². The summed E-state index contributed by atoms with van der Waals surface area (Å²) in [7, 11) is -10.9. The van der Waals surface area contributed by atoms with E-state index < -0.39 is 53.9 Å². The van der Waals surface area contributed by atoms with E-state index in [0.29, 0.717) is 5.56 Å². The van der Waals surface area contributed by atoms with Crippen molar-refractivity contribution in [3.05, 3.63) is 28.8 Å². The zero-order chi connectivity index (χ0) is 20.6. The predicted molar refractivity (Wildman–Crippen MR) is 105 cm³/mol. The van der Waals surface area contributed by atoms with Gasteiger partial charge in [-0.1, -0.05) is 6.07 Å². The molecule has 0 aromatic heterocycles. The van der Waals surface area contributed by atoms with Gasteiger partial charge in [0.25, 0.3) is 0 Å². The van der Waals surface area contributed by atoms with Crippen LogP contribution in [0.25, 0.3) is 0 Å². The van der Waals surface area contributed by atoms with Crippen LogP contribution in [-0.2, 0) is 29.7 Å². The van der Waals surface area contributed by atoms with Crippen LogP contribution in [0.4, 0.5) is 0 Å². The van der Waals surface area contributed by atoms with E-state index in [4.69, 9.17) is 0 Å². The Balaban J connectivity index is 1.87. The Morgan fingerprint density at radius 3 is 1.79 bits per heavy atom. The molecule has 0 saturated carbocycles. The van der Waals surface area contributed by atoms with Crippen LogP contribution < -0.4 is 5.32 Å². The number of nitrogens with zero attached hydrogens (tertiary/aromatic N) is 1. The Labute approximate surface area is 166 Å². The molecule has 1 N–H and O–H groups in total. The summed E-state index contributed by atoms with van der Waals surface area (Å²) < 4.78 is 77.5. The van der Waals surface area contributed by atoms with E-state index in [1.54, 1.807) is 19.1 Å². The minimum absolute atomic E-state index is 0.114. The molecular formula is C17H24N2O6S3. The molecule has 3 aliphatic heterocycles. The molecule has 28 heavy (non-hydrogen) atoms. The zero-order valence-electron chi connectivity index (χ0n) is 15.9. The highest BCUT2D eigenvalue weighted by Crippen LogP contribution is 2.37. The van der Waals surface area contributed by atoms with Gasteiger partial charge in [0.15, 0.2) is 19.7 Å². The Morgan fingerprint density at radius 1 is 0.821 bits per heavy atom. The fourth-order valence-corrected chi connectivity index (χ4v) is 10.9. The molecule has 4 rings (SSSR count). The number of piperazine rings is 1. The molecule has 156 valence electrons. The molecule has 0 bridgehead atoms. The van der Waals surface area contributed by atoms with Crippen LogP contribution in [0.2, 0.25) is 0 Å². The zero-order valence-corrected chi connectivity index (χ0v) is 18.4. The molecule has 3 saturated heterocycles. The van der Waals surface area contributed by atoms with Gasteiger partial charge in [0.05, 0.1) is 40.0 Å². The van der Waals surface area contributed by atoms with E-state index in [-0.39, 0.29) is 27.9 Å². The van der Waals surface area contributed by atoms with Crippen molar-refractivity contribution < 1.29 is 25.3 Å². The Kier molecular flexibility index (Phi) is 4.52. The Morgan fingerprint density at radius 2 is 1.29 bits per heavy atom. The first-order valence-corrected chi connectivity index (χ1v) is 14.2. The Hall–Kier alpha value is -1.01. The third-order valence-corrected chi connectivity index (χ3v) is 11.6. The molecule has 0 aliphatic carbocycles. The molecule has 1 aromatic carbocycles. The Bertz CT molecular complexity index is 1110. The largest absolute Gasteiger partial charge is 0.306 e. The third kappa shape index (κ3) is 3.20. The molecule has 0 unspecified atom stereocenters. The number of nitrogens with one attached hydrogen (secondary N) is 1. The second-order valence-electron chi connectivity index (χ2n) is 8.21. The van der Waals surface area contributed by atoms with Crippen molar-refractivity contribution >= 4 is 29.7 Å². The summed E-state index contributed by atoms with van der Waals surface area (Å²) in [5, 5.41) is 3.11. The average molecular weight is 449 g/mol. The molecule has 11 heteroatoms. The lowest BCUT2D eigenvalue weighted by Crippen LogP contribution is -2.67. The van der Waals surface area contributed by atoms with Crippen LogP contribution in [-0.4, -0.2) is 76.7 Å². The third-order valence-electron chi connectivity index (χ3n) is 6.07. The van der Waals surface area contributed by atoms with E-state index in [0.717, 1.165) is 11.1 Å². The maximum Gasteiger partial charge on any atom is 0.244 e. The van der Waals surface area contributed by atoms with Crippen molar-refractivity contribution in [2.45, 2.75) is 49.8 Å². The van der Waals surface area contributed by atoms with Gasteiger partial charge >= 0.3 is 0 Å². The molecule has 3 heterocycles. The lowest BCUT2D eigenvalue weighted by atomic mass is 10.0. The molecular weight excluding hydrogens is 424 g/mol.